The molecule has 0 bridgehead atoms. The molecule has 1 saturated carbocycles. The van der Waals surface area contributed by atoms with Gasteiger partial charge in [0.25, 0.3) is 11.5 Å². The number of amides is 1. The maximum absolute atomic E-state index is 14.7. The lowest BCUT2D eigenvalue weighted by Crippen LogP contribution is -2.33. The van der Waals surface area contributed by atoms with Gasteiger partial charge in [-0.25, -0.2) is 13.9 Å². The number of carbonyl (C=O) groups excluding carboxylic acids is 1. The first-order valence-electron chi connectivity index (χ1n) is 11.2. The summed E-state index contributed by atoms with van der Waals surface area (Å²) in [5.41, 5.74) is 8.31. The first kappa shape index (κ1) is 23.3. The summed E-state index contributed by atoms with van der Waals surface area (Å²) in [6.45, 7) is 3.62. The van der Waals surface area contributed by atoms with Crippen LogP contribution in [0.25, 0.3) is 10.8 Å². The van der Waals surface area contributed by atoms with Gasteiger partial charge in [-0.15, -0.1) is 0 Å². The number of benzene rings is 2. The third-order valence-corrected chi connectivity index (χ3v) is 6.69. The molecule has 1 atom stereocenters. The van der Waals surface area contributed by atoms with Crippen LogP contribution in [0.5, 0.6) is 5.75 Å². The molecule has 3 aromatic rings. The fourth-order valence-corrected chi connectivity index (χ4v) is 5.03. The number of halogens is 1. The highest BCUT2D eigenvalue weighted by Gasteiger charge is 2.36. The van der Waals surface area contributed by atoms with Crippen LogP contribution in [0.15, 0.2) is 35.1 Å². The second-order valence-electron chi connectivity index (χ2n) is 8.58. The molecule has 1 fully saturated rings. The molecule has 34 heavy (non-hydrogen) atoms. The molecular formula is C25H26FN3O5. The fourth-order valence-electron chi connectivity index (χ4n) is 5.03. The predicted octanol–water partition coefficient (Wildman–Crippen LogP) is 3.45. The molecule has 8 nitrogen and oxygen atoms in total. The molecule has 2 aromatic carbocycles. The maximum Gasteiger partial charge on any atom is 0.338 e. The third-order valence-electron chi connectivity index (χ3n) is 6.69. The number of aromatic nitrogens is 1. The van der Waals surface area contributed by atoms with Gasteiger partial charge in [0.2, 0.25) is 0 Å². The van der Waals surface area contributed by atoms with E-state index in [0.29, 0.717) is 17.7 Å². The van der Waals surface area contributed by atoms with E-state index in [1.54, 1.807) is 19.1 Å². The van der Waals surface area contributed by atoms with Gasteiger partial charge in [0.1, 0.15) is 11.6 Å². The Bertz CT molecular complexity index is 1380. The lowest BCUT2D eigenvalue weighted by atomic mass is 9.68. The van der Waals surface area contributed by atoms with Gasteiger partial charge in [-0.2, -0.15) is 0 Å². The van der Waals surface area contributed by atoms with Crippen LogP contribution in [-0.4, -0.2) is 33.3 Å². The maximum atomic E-state index is 14.7. The van der Waals surface area contributed by atoms with Crippen molar-refractivity contribution in [3.63, 3.8) is 0 Å². The summed E-state index contributed by atoms with van der Waals surface area (Å²) >= 11 is 0. The lowest BCUT2D eigenvalue weighted by molar-refractivity contribution is 0.0697. The summed E-state index contributed by atoms with van der Waals surface area (Å²) in [4.78, 5) is 38.0. The zero-order chi connectivity index (χ0) is 24.7. The van der Waals surface area contributed by atoms with Crippen molar-refractivity contribution < 1.29 is 24.2 Å². The van der Waals surface area contributed by atoms with E-state index in [4.69, 9.17) is 5.73 Å². The summed E-state index contributed by atoms with van der Waals surface area (Å²) < 4.78 is 15.8. The van der Waals surface area contributed by atoms with Crippen LogP contribution in [0.4, 0.5) is 4.39 Å². The lowest BCUT2D eigenvalue weighted by Gasteiger charge is -2.36. The number of rotatable bonds is 7. The number of aromatic carboxylic acids is 1. The number of phenols is 1. The average Bonchev–Trinajstić information content (AvgIpc) is 2.73. The normalized spacial score (nSPS) is 14.6. The van der Waals surface area contributed by atoms with Gasteiger partial charge in [0.05, 0.1) is 22.2 Å². The summed E-state index contributed by atoms with van der Waals surface area (Å²) in [6, 6.07) is 7.13. The molecule has 178 valence electrons. The fraction of sp³-hybridized carbons (Fsp3) is 0.320. The van der Waals surface area contributed by atoms with E-state index in [1.807, 2.05) is 0 Å². The van der Waals surface area contributed by atoms with Gasteiger partial charge in [-0.1, -0.05) is 24.6 Å². The van der Waals surface area contributed by atoms with Crippen LogP contribution in [0, 0.1) is 18.7 Å². The minimum atomic E-state index is -1.28. The number of nitrogens with zero attached hydrogens (tertiary/aromatic N) is 1. The smallest absolute Gasteiger partial charge is 0.338 e. The highest BCUT2D eigenvalue weighted by atomic mass is 19.1. The number of hydrogen-bond donors (Lipinski definition) is 4. The minimum Gasteiger partial charge on any atom is -0.507 e. The molecular weight excluding hydrogens is 441 g/mol. The Kier molecular flexibility index (Phi) is 6.03. The summed E-state index contributed by atoms with van der Waals surface area (Å²) in [5.74, 6) is -3.94. The SMILES string of the molecule is CCNn1c(C)c(C(=O)O)c2c([C@@H](c3cccc(F)c3C(N)=O)C3CCC3)ccc(O)c2c1=O. The Hall–Kier alpha value is -3.88. The van der Waals surface area contributed by atoms with E-state index in [-0.39, 0.29) is 39.3 Å². The van der Waals surface area contributed by atoms with E-state index in [1.165, 1.54) is 19.1 Å². The Balaban J connectivity index is 2.16. The van der Waals surface area contributed by atoms with Crippen molar-refractivity contribution in [1.82, 2.24) is 4.68 Å². The van der Waals surface area contributed by atoms with Crippen LogP contribution in [-0.2, 0) is 0 Å². The molecule has 0 aliphatic heterocycles. The van der Waals surface area contributed by atoms with Crippen LogP contribution >= 0.6 is 0 Å². The number of fused-ring (bicyclic) bond motifs is 1. The number of aromatic hydroxyl groups is 1. The van der Waals surface area contributed by atoms with E-state index >= 15 is 0 Å². The second-order valence-corrected chi connectivity index (χ2v) is 8.58. The van der Waals surface area contributed by atoms with Crippen LogP contribution in [0.2, 0.25) is 0 Å². The number of carboxylic acids is 1. The van der Waals surface area contributed by atoms with Gasteiger partial charge in [-0.3, -0.25) is 9.59 Å². The Labute approximate surface area is 194 Å². The molecule has 9 heteroatoms. The highest BCUT2D eigenvalue weighted by Crippen LogP contribution is 2.47. The average molecular weight is 467 g/mol. The standard InChI is InChI=1S/C25H26FN3O5/c1-3-28-29-12(2)18(25(33)34)21-15(10-11-17(30)22(21)24(29)32)19(13-6-4-7-13)14-8-5-9-16(26)20(14)23(27)31/h5,8-11,13,19,28,30H,3-4,6-7H2,1-2H3,(H2,27,31)(H,33,34)/t19-/m1/s1. The number of nitrogens with two attached hydrogens (primary N) is 1. The molecule has 1 aliphatic rings. The number of hydrogen-bond acceptors (Lipinski definition) is 5. The number of nitrogens with one attached hydrogen (secondary N) is 1. The number of phenolic OH excluding ortho intramolecular Hbond substituents is 1. The van der Waals surface area contributed by atoms with E-state index < -0.39 is 29.2 Å². The van der Waals surface area contributed by atoms with Crippen molar-refractivity contribution in [2.24, 2.45) is 11.7 Å². The molecule has 4 rings (SSSR count). The number of primary amides is 1. The van der Waals surface area contributed by atoms with Crippen molar-refractivity contribution in [3.05, 3.63) is 74.5 Å². The van der Waals surface area contributed by atoms with Crippen molar-refractivity contribution in [2.75, 3.05) is 12.0 Å². The van der Waals surface area contributed by atoms with Gasteiger partial charge in [0.15, 0.2) is 0 Å². The molecule has 1 aliphatic carbocycles. The molecule has 1 heterocycles. The monoisotopic (exact) mass is 467 g/mol. The number of carboxylic acid groups (broad SMARTS) is 1. The van der Waals surface area contributed by atoms with Crippen molar-refractivity contribution >= 4 is 22.6 Å². The topological polar surface area (TPSA) is 135 Å². The highest BCUT2D eigenvalue weighted by molar-refractivity contribution is 6.08. The van der Waals surface area contributed by atoms with E-state index in [0.717, 1.165) is 30.0 Å². The van der Waals surface area contributed by atoms with Gasteiger partial charge in [0, 0.05) is 17.8 Å². The van der Waals surface area contributed by atoms with Gasteiger partial charge >= 0.3 is 5.97 Å². The van der Waals surface area contributed by atoms with Crippen molar-refractivity contribution in [1.29, 1.82) is 0 Å². The Morgan fingerprint density at radius 1 is 1.18 bits per heavy atom. The minimum absolute atomic E-state index is 0.0224. The zero-order valence-electron chi connectivity index (χ0n) is 18.9. The second kappa shape index (κ2) is 8.81. The Morgan fingerprint density at radius 3 is 2.44 bits per heavy atom. The van der Waals surface area contributed by atoms with Crippen molar-refractivity contribution in [2.45, 2.75) is 39.0 Å². The summed E-state index contributed by atoms with van der Waals surface area (Å²) in [7, 11) is 0. The molecule has 0 spiro atoms. The number of carbonyl (C=O) groups is 2. The molecule has 1 aromatic heterocycles. The zero-order valence-corrected chi connectivity index (χ0v) is 18.9. The first-order chi connectivity index (χ1) is 16.2. The quantitative estimate of drug-likeness (QED) is 0.420. The molecule has 5 N–H and O–H groups in total. The molecule has 0 saturated heterocycles. The largest absolute Gasteiger partial charge is 0.507 e. The van der Waals surface area contributed by atoms with Crippen molar-refractivity contribution in [3.8, 4) is 5.75 Å². The summed E-state index contributed by atoms with van der Waals surface area (Å²) in [6.07, 6.45) is 2.48. The van der Waals surface area contributed by atoms with Crippen LogP contribution in [0.1, 0.15) is 69.6 Å². The summed E-state index contributed by atoms with van der Waals surface area (Å²) in [5, 5.41) is 20.7. The van der Waals surface area contributed by atoms with Crippen LogP contribution < -0.4 is 16.7 Å². The third kappa shape index (κ3) is 3.57. The first-order valence-corrected chi connectivity index (χ1v) is 11.2. The van der Waals surface area contributed by atoms with Gasteiger partial charge in [-0.05, 0) is 55.9 Å². The van der Waals surface area contributed by atoms with Crippen LogP contribution in [0.3, 0.4) is 0 Å². The predicted molar refractivity (Wildman–Crippen MR) is 126 cm³/mol. The molecule has 1 amide bonds. The Morgan fingerprint density at radius 2 is 1.88 bits per heavy atom. The van der Waals surface area contributed by atoms with E-state index in [9.17, 15) is 29.0 Å². The number of pyridine rings is 1. The van der Waals surface area contributed by atoms with Gasteiger partial charge < -0.3 is 21.4 Å². The van der Waals surface area contributed by atoms with E-state index in [2.05, 4.69) is 5.43 Å². The molecule has 0 radical (unpaired) electrons. The molecule has 0 unspecified atom stereocenters.